The Kier molecular flexibility index (Phi) is 4.24. The minimum Gasteiger partial charge on any atom is -0.392 e. The molecule has 1 heterocycles. The van der Waals surface area contributed by atoms with Gasteiger partial charge in [-0.25, -0.2) is 0 Å². The Morgan fingerprint density at radius 1 is 1.33 bits per heavy atom. The number of benzene rings is 1. The standard InChI is InChI=1S/C14H15ClN2O/c15-12-4-5-13-11(10-18)9-17(14(13)8-12)7-3-1-2-6-16/h4-5,8-9,18H,1-3,7,10H2. The highest BCUT2D eigenvalue weighted by Gasteiger charge is 2.08. The van der Waals surface area contributed by atoms with Gasteiger partial charge in [-0.15, -0.1) is 0 Å². The van der Waals surface area contributed by atoms with E-state index in [4.69, 9.17) is 16.9 Å². The molecular weight excluding hydrogens is 248 g/mol. The molecule has 2 aromatic rings. The van der Waals surface area contributed by atoms with Gasteiger partial charge in [0.05, 0.1) is 12.7 Å². The fraction of sp³-hybridized carbons (Fsp3) is 0.357. The van der Waals surface area contributed by atoms with Crippen LogP contribution in [0.15, 0.2) is 24.4 Å². The van der Waals surface area contributed by atoms with Crippen LogP contribution in [-0.2, 0) is 13.2 Å². The van der Waals surface area contributed by atoms with E-state index < -0.39 is 0 Å². The summed E-state index contributed by atoms with van der Waals surface area (Å²) >= 11 is 6.01. The van der Waals surface area contributed by atoms with Gasteiger partial charge in [-0.3, -0.25) is 0 Å². The van der Waals surface area contributed by atoms with Crippen LogP contribution in [0.3, 0.4) is 0 Å². The van der Waals surface area contributed by atoms with E-state index in [0.717, 1.165) is 35.9 Å². The Hall–Kier alpha value is -1.50. The smallest absolute Gasteiger partial charge is 0.0702 e. The summed E-state index contributed by atoms with van der Waals surface area (Å²) in [5.74, 6) is 0. The van der Waals surface area contributed by atoms with Crippen molar-refractivity contribution in [3.8, 4) is 6.07 Å². The molecule has 1 aromatic carbocycles. The maximum Gasteiger partial charge on any atom is 0.0702 e. The van der Waals surface area contributed by atoms with Gasteiger partial charge in [-0.1, -0.05) is 17.7 Å². The maximum atomic E-state index is 9.34. The number of nitrogens with zero attached hydrogens (tertiary/aromatic N) is 2. The van der Waals surface area contributed by atoms with E-state index in [1.54, 1.807) is 0 Å². The molecule has 0 unspecified atom stereocenters. The molecule has 0 aliphatic carbocycles. The summed E-state index contributed by atoms with van der Waals surface area (Å²) in [4.78, 5) is 0. The van der Waals surface area contributed by atoms with Crippen molar-refractivity contribution in [2.45, 2.75) is 32.4 Å². The van der Waals surface area contributed by atoms with Crippen molar-refractivity contribution in [1.82, 2.24) is 4.57 Å². The number of aromatic nitrogens is 1. The number of unbranched alkanes of at least 4 members (excludes halogenated alkanes) is 2. The molecule has 1 N–H and O–H groups in total. The molecule has 4 heteroatoms. The lowest BCUT2D eigenvalue weighted by Crippen LogP contribution is -1.95. The van der Waals surface area contributed by atoms with Gasteiger partial charge in [-0.05, 0) is 25.0 Å². The lowest BCUT2D eigenvalue weighted by atomic mass is 10.2. The van der Waals surface area contributed by atoms with Gasteiger partial charge in [0.2, 0.25) is 0 Å². The van der Waals surface area contributed by atoms with E-state index >= 15 is 0 Å². The predicted molar refractivity (Wildman–Crippen MR) is 72.3 cm³/mol. The zero-order chi connectivity index (χ0) is 13.0. The molecule has 0 amide bonds. The number of fused-ring (bicyclic) bond motifs is 1. The van der Waals surface area contributed by atoms with Gasteiger partial charge in [0.15, 0.2) is 0 Å². The molecule has 0 aliphatic heterocycles. The van der Waals surface area contributed by atoms with Crippen molar-refractivity contribution in [3.63, 3.8) is 0 Å². The van der Waals surface area contributed by atoms with Gasteiger partial charge in [0.1, 0.15) is 0 Å². The summed E-state index contributed by atoms with van der Waals surface area (Å²) in [7, 11) is 0. The highest BCUT2D eigenvalue weighted by molar-refractivity contribution is 6.31. The third-order valence-corrected chi connectivity index (χ3v) is 3.27. The highest BCUT2D eigenvalue weighted by Crippen LogP contribution is 2.25. The minimum absolute atomic E-state index is 0.0311. The fourth-order valence-electron chi connectivity index (χ4n) is 2.14. The van der Waals surface area contributed by atoms with Crippen molar-refractivity contribution < 1.29 is 5.11 Å². The van der Waals surface area contributed by atoms with E-state index in [2.05, 4.69) is 10.6 Å². The monoisotopic (exact) mass is 262 g/mol. The van der Waals surface area contributed by atoms with Crippen LogP contribution < -0.4 is 0 Å². The molecule has 0 saturated carbocycles. The van der Waals surface area contributed by atoms with Crippen molar-refractivity contribution in [2.24, 2.45) is 0 Å². The van der Waals surface area contributed by atoms with E-state index in [-0.39, 0.29) is 6.61 Å². The van der Waals surface area contributed by atoms with Crippen LogP contribution in [0, 0.1) is 11.3 Å². The van der Waals surface area contributed by atoms with Crippen molar-refractivity contribution >= 4 is 22.5 Å². The molecule has 0 saturated heterocycles. The van der Waals surface area contributed by atoms with Crippen molar-refractivity contribution in [1.29, 1.82) is 5.26 Å². The van der Waals surface area contributed by atoms with E-state index in [1.165, 1.54) is 0 Å². The Morgan fingerprint density at radius 3 is 2.89 bits per heavy atom. The van der Waals surface area contributed by atoms with Crippen LogP contribution in [0.1, 0.15) is 24.8 Å². The number of aliphatic hydroxyl groups excluding tert-OH is 1. The average Bonchev–Trinajstić information content (AvgIpc) is 2.72. The number of hydrogen-bond donors (Lipinski definition) is 1. The summed E-state index contributed by atoms with van der Waals surface area (Å²) in [6.07, 6.45) is 4.40. The molecular formula is C14H15ClN2O. The summed E-state index contributed by atoms with van der Waals surface area (Å²) in [5.41, 5.74) is 1.96. The summed E-state index contributed by atoms with van der Waals surface area (Å²) < 4.78 is 2.10. The number of hydrogen-bond acceptors (Lipinski definition) is 2. The molecule has 0 fully saturated rings. The Bertz CT molecular complexity index is 583. The van der Waals surface area contributed by atoms with Gasteiger partial charge in [-0.2, -0.15) is 5.26 Å². The second kappa shape index (κ2) is 5.90. The predicted octanol–water partition coefficient (Wildman–Crippen LogP) is 3.48. The van der Waals surface area contributed by atoms with Crippen molar-refractivity contribution in [2.75, 3.05) is 0 Å². The van der Waals surface area contributed by atoms with Gasteiger partial charge >= 0.3 is 0 Å². The molecule has 1 aromatic heterocycles. The zero-order valence-electron chi connectivity index (χ0n) is 10.1. The molecule has 2 rings (SSSR count). The first-order chi connectivity index (χ1) is 8.76. The fourth-order valence-corrected chi connectivity index (χ4v) is 2.30. The topological polar surface area (TPSA) is 49.0 Å². The maximum absolute atomic E-state index is 9.34. The average molecular weight is 263 g/mol. The number of aliphatic hydroxyl groups is 1. The van der Waals surface area contributed by atoms with Crippen LogP contribution in [0.5, 0.6) is 0 Å². The third-order valence-electron chi connectivity index (χ3n) is 3.03. The quantitative estimate of drug-likeness (QED) is 0.839. The number of aryl methyl sites for hydroxylation is 1. The summed E-state index contributed by atoms with van der Waals surface area (Å²) in [6.45, 7) is 0.877. The van der Waals surface area contributed by atoms with Crippen LogP contribution in [0.2, 0.25) is 5.02 Å². The molecule has 0 spiro atoms. The molecule has 18 heavy (non-hydrogen) atoms. The third kappa shape index (κ3) is 2.66. The van der Waals surface area contributed by atoms with Crippen LogP contribution in [0.4, 0.5) is 0 Å². The normalized spacial score (nSPS) is 10.7. The summed E-state index contributed by atoms with van der Waals surface area (Å²) in [6, 6.07) is 7.84. The van der Waals surface area contributed by atoms with Crippen molar-refractivity contribution in [3.05, 3.63) is 35.0 Å². The van der Waals surface area contributed by atoms with E-state index in [1.807, 2.05) is 24.4 Å². The Labute approximate surface area is 111 Å². The molecule has 0 atom stereocenters. The Morgan fingerprint density at radius 2 is 2.17 bits per heavy atom. The second-order valence-corrected chi connectivity index (χ2v) is 4.72. The van der Waals surface area contributed by atoms with E-state index in [9.17, 15) is 5.11 Å². The molecule has 3 nitrogen and oxygen atoms in total. The minimum atomic E-state index is 0.0311. The van der Waals surface area contributed by atoms with Crippen LogP contribution >= 0.6 is 11.6 Å². The highest BCUT2D eigenvalue weighted by atomic mass is 35.5. The van der Waals surface area contributed by atoms with Gasteiger partial charge in [0.25, 0.3) is 0 Å². The first kappa shape index (κ1) is 12.9. The first-order valence-corrected chi connectivity index (χ1v) is 6.39. The van der Waals surface area contributed by atoms with E-state index in [0.29, 0.717) is 11.4 Å². The van der Waals surface area contributed by atoms with Gasteiger partial charge < -0.3 is 9.67 Å². The number of rotatable bonds is 5. The zero-order valence-corrected chi connectivity index (χ0v) is 10.8. The number of halogens is 1. The summed E-state index contributed by atoms with van der Waals surface area (Å²) in [5, 5.41) is 19.6. The number of nitriles is 1. The largest absolute Gasteiger partial charge is 0.392 e. The lowest BCUT2D eigenvalue weighted by molar-refractivity contribution is 0.283. The van der Waals surface area contributed by atoms with Gasteiger partial charge in [0, 0.05) is 40.7 Å². The van der Waals surface area contributed by atoms with Crippen LogP contribution in [-0.4, -0.2) is 9.67 Å². The molecule has 0 bridgehead atoms. The SMILES string of the molecule is N#CCCCCn1cc(CO)c2ccc(Cl)cc21. The first-order valence-electron chi connectivity index (χ1n) is 6.01. The van der Waals surface area contributed by atoms with Crippen LogP contribution in [0.25, 0.3) is 10.9 Å². The molecule has 0 aliphatic rings. The second-order valence-electron chi connectivity index (χ2n) is 4.28. The Balaban J connectivity index is 2.26. The molecule has 0 radical (unpaired) electrons. The lowest BCUT2D eigenvalue weighted by Gasteiger charge is -2.04. The molecule has 94 valence electrons.